The Kier molecular flexibility index (Phi) is 5.75. The summed E-state index contributed by atoms with van der Waals surface area (Å²) < 4.78 is 5.37. The van der Waals surface area contributed by atoms with E-state index in [-0.39, 0.29) is 10.8 Å². The molecule has 5 heteroatoms. The van der Waals surface area contributed by atoms with E-state index in [0.717, 1.165) is 44.1 Å². The lowest BCUT2D eigenvalue weighted by Crippen LogP contribution is -2.27. The van der Waals surface area contributed by atoms with Gasteiger partial charge in [0.2, 0.25) is 6.04 Å². The molecule has 0 atom stereocenters. The van der Waals surface area contributed by atoms with Gasteiger partial charge in [0.15, 0.2) is 0 Å². The van der Waals surface area contributed by atoms with Crippen molar-refractivity contribution in [3.63, 3.8) is 0 Å². The average molecular weight is 292 g/mol. The fourth-order valence-electron chi connectivity index (χ4n) is 3.61. The summed E-state index contributed by atoms with van der Waals surface area (Å²) in [7, 11) is 1.76. The third-order valence-corrected chi connectivity index (χ3v) is 5.03. The van der Waals surface area contributed by atoms with Crippen LogP contribution in [0.15, 0.2) is 11.6 Å². The molecule has 2 saturated carbocycles. The van der Waals surface area contributed by atoms with E-state index in [1.165, 1.54) is 0 Å². The van der Waals surface area contributed by atoms with E-state index in [9.17, 15) is 15.4 Å². The molecule has 21 heavy (non-hydrogen) atoms. The van der Waals surface area contributed by atoms with E-state index in [4.69, 9.17) is 4.74 Å². The summed E-state index contributed by atoms with van der Waals surface area (Å²) >= 11 is 0. The maximum Gasteiger partial charge on any atom is 0.213 e. The zero-order valence-electron chi connectivity index (χ0n) is 12.7. The Morgan fingerprint density at radius 3 is 2.29 bits per heavy atom. The van der Waals surface area contributed by atoms with Crippen LogP contribution in [0.5, 0.6) is 0 Å². The van der Waals surface area contributed by atoms with Crippen molar-refractivity contribution in [1.29, 1.82) is 5.26 Å². The Balaban J connectivity index is 1.90. The number of nitro groups is 1. The summed E-state index contributed by atoms with van der Waals surface area (Å²) in [6, 6.07) is 1.94. The molecule has 2 fully saturated rings. The number of allylic oxidation sites excluding steroid dienone is 2. The minimum absolute atomic E-state index is 0.169. The van der Waals surface area contributed by atoms with Crippen molar-refractivity contribution < 1.29 is 9.66 Å². The van der Waals surface area contributed by atoms with Crippen molar-refractivity contribution in [1.82, 2.24) is 0 Å². The molecule has 0 spiro atoms. The van der Waals surface area contributed by atoms with Gasteiger partial charge >= 0.3 is 0 Å². The van der Waals surface area contributed by atoms with E-state index in [1.807, 2.05) is 0 Å². The number of ether oxygens (including phenoxy) is 1. The average Bonchev–Trinajstić information content (AvgIpc) is 2.53. The quantitative estimate of drug-likeness (QED) is 0.451. The van der Waals surface area contributed by atoms with Crippen LogP contribution < -0.4 is 0 Å². The molecule has 0 bridgehead atoms. The first-order chi connectivity index (χ1) is 10.1. The summed E-state index contributed by atoms with van der Waals surface area (Å²) in [4.78, 5) is 10.6. The van der Waals surface area contributed by atoms with Crippen molar-refractivity contribution in [3.05, 3.63) is 21.8 Å². The van der Waals surface area contributed by atoms with Crippen molar-refractivity contribution in [3.8, 4) is 6.07 Å². The van der Waals surface area contributed by atoms with Crippen LogP contribution in [-0.4, -0.2) is 24.2 Å². The van der Waals surface area contributed by atoms with Crippen LogP contribution in [0, 0.1) is 33.3 Å². The van der Waals surface area contributed by atoms with Gasteiger partial charge in [-0.1, -0.05) is 6.08 Å². The molecule has 0 heterocycles. The number of methoxy groups -OCH3 is 1. The fourth-order valence-corrected chi connectivity index (χ4v) is 3.61. The summed E-state index contributed by atoms with van der Waals surface area (Å²) in [6.07, 6.45) is 9.55. The normalized spacial score (nSPS) is 34.2. The molecule has 116 valence electrons. The lowest BCUT2D eigenvalue weighted by atomic mass is 9.79. The molecule has 2 aliphatic rings. The molecule has 0 aromatic rings. The monoisotopic (exact) mass is 292 g/mol. The Hall–Kier alpha value is -1.41. The number of rotatable bonds is 4. The molecule has 0 radical (unpaired) electrons. The molecule has 0 amide bonds. The maximum atomic E-state index is 10.8. The molecule has 0 N–H and O–H groups in total. The fraction of sp³-hybridized carbons (Fsp3) is 0.812. The topological polar surface area (TPSA) is 76.2 Å². The first kappa shape index (κ1) is 16.0. The van der Waals surface area contributed by atoms with E-state index in [2.05, 4.69) is 12.1 Å². The van der Waals surface area contributed by atoms with Gasteiger partial charge in [-0.05, 0) is 50.4 Å². The largest absolute Gasteiger partial charge is 0.381 e. The van der Waals surface area contributed by atoms with E-state index >= 15 is 0 Å². The van der Waals surface area contributed by atoms with Crippen LogP contribution in [0.1, 0.15) is 51.4 Å². The summed E-state index contributed by atoms with van der Waals surface area (Å²) in [6.45, 7) is 0. The van der Waals surface area contributed by atoms with E-state index in [1.54, 1.807) is 7.11 Å². The van der Waals surface area contributed by atoms with Crippen LogP contribution in [0.25, 0.3) is 0 Å². The third-order valence-electron chi connectivity index (χ3n) is 5.03. The van der Waals surface area contributed by atoms with Crippen molar-refractivity contribution in [2.45, 2.75) is 63.5 Å². The van der Waals surface area contributed by atoms with Crippen molar-refractivity contribution >= 4 is 0 Å². The van der Waals surface area contributed by atoms with Crippen LogP contribution in [0.4, 0.5) is 0 Å². The van der Waals surface area contributed by atoms with E-state index in [0.29, 0.717) is 24.9 Å². The van der Waals surface area contributed by atoms with Gasteiger partial charge in [-0.3, -0.25) is 10.1 Å². The molecule has 2 rings (SSSR count). The van der Waals surface area contributed by atoms with Crippen LogP contribution in [0.2, 0.25) is 0 Å². The molecule has 0 aromatic heterocycles. The lowest BCUT2D eigenvalue weighted by molar-refractivity contribution is -0.526. The van der Waals surface area contributed by atoms with E-state index < -0.39 is 6.04 Å². The predicted molar refractivity (Wildman–Crippen MR) is 79.2 cm³/mol. The molecule has 5 nitrogen and oxygen atoms in total. The zero-order chi connectivity index (χ0) is 15.2. The lowest BCUT2D eigenvalue weighted by Gasteiger charge is -2.28. The zero-order valence-corrected chi connectivity index (χ0v) is 12.7. The second kappa shape index (κ2) is 7.56. The predicted octanol–water partition coefficient (Wildman–Crippen LogP) is 3.48. The van der Waals surface area contributed by atoms with Gasteiger partial charge in [-0.15, -0.1) is 0 Å². The van der Waals surface area contributed by atoms with Gasteiger partial charge in [-0.2, -0.15) is 5.26 Å². The number of nitrogens with zero attached hydrogens (tertiary/aromatic N) is 2. The molecular weight excluding hydrogens is 268 g/mol. The highest BCUT2D eigenvalue weighted by Crippen LogP contribution is 2.34. The number of nitriles is 1. The van der Waals surface area contributed by atoms with Crippen LogP contribution in [-0.2, 0) is 4.74 Å². The summed E-state index contributed by atoms with van der Waals surface area (Å²) in [5.74, 6) is 0.700. The number of hydrogen-bond acceptors (Lipinski definition) is 4. The SMILES string of the molecule is COC1CCC(/C=C(/C#N)C2CCC([N+](=O)[O-])CC2)CC1. The highest BCUT2D eigenvalue weighted by molar-refractivity contribution is 5.25. The molecular formula is C16H24N2O3. The first-order valence-electron chi connectivity index (χ1n) is 7.92. The van der Waals surface area contributed by atoms with Gasteiger partial charge in [0.1, 0.15) is 0 Å². The molecule has 2 aliphatic carbocycles. The standard InChI is InChI=1S/C16H24N2O3/c1-21-16-8-2-12(3-9-16)10-14(11-17)13-4-6-15(7-5-13)18(19)20/h10,12-13,15-16H,2-9H2,1H3/b14-10-. The van der Waals surface area contributed by atoms with Gasteiger partial charge in [0, 0.05) is 30.4 Å². The second-order valence-electron chi connectivity index (χ2n) is 6.30. The molecule has 0 aliphatic heterocycles. The molecule has 0 unspecified atom stereocenters. The summed E-state index contributed by atoms with van der Waals surface area (Å²) in [5, 5.41) is 20.2. The third kappa shape index (κ3) is 4.28. The smallest absolute Gasteiger partial charge is 0.213 e. The maximum absolute atomic E-state index is 10.8. The van der Waals surface area contributed by atoms with Gasteiger partial charge in [-0.25, -0.2) is 0 Å². The summed E-state index contributed by atoms with van der Waals surface area (Å²) in [5.41, 5.74) is 0.859. The minimum Gasteiger partial charge on any atom is -0.381 e. The molecule has 0 aromatic carbocycles. The van der Waals surface area contributed by atoms with Gasteiger partial charge in [0.05, 0.1) is 12.2 Å². The minimum atomic E-state index is -0.404. The second-order valence-corrected chi connectivity index (χ2v) is 6.30. The van der Waals surface area contributed by atoms with Crippen LogP contribution in [0.3, 0.4) is 0 Å². The Morgan fingerprint density at radius 2 is 1.81 bits per heavy atom. The van der Waals surface area contributed by atoms with Crippen molar-refractivity contribution in [2.75, 3.05) is 7.11 Å². The first-order valence-corrected chi connectivity index (χ1v) is 7.92. The van der Waals surface area contributed by atoms with Gasteiger partial charge < -0.3 is 4.74 Å². The Bertz CT molecular complexity index is 425. The van der Waals surface area contributed by atoms with Crippen molar-refractivity contribution in [2.24, 2.45) is 11.8 Å². The number of hydrogen-bond donors (Lipinski definition) is 0. The Labute approximate surface area is 126 Å². The van der Waals surface area contributed by atoms with Gasteiger partial charge in [0.25, 0.3) is 0 Å². The highest BCUT2D eigenvalue weighted by atomic mass is 16.6. The van der Waals surface area contributed by atoms with Crippen LogP contribution >= 0.6 is 0 Å². The Morgan fingerprint density at radius 1 is 1.19 bits per heavy atom. The highest BCUT2D eigenvalue weighted by Gasteiger charge is 2.30. The molecule has 0 saturated heterocycles.